The van der Waals surface area contributed by atoms with Gasteiger partial charge in [0.2, 0.25) is 0 Å². The maximum Gasteiger partial charge on any atom is 0.0445 e. The van der Waals surface area contributed by atoms with Gasteiger partial charge in [0.25, 0.3) is 0 Å². The highest BCUT2D eigenvalue weighted by molar-refractivity contribution is 5.14. The number of piperidine rings is 1. The van der Waals surface area contributed by atoms with Gasteiger partial charge >= 0.3 is 0 Å². The van der Waals surface area contributed by atoms with E-state index in [-0.39, 0.29) is 0 Å². The third-order valence-electron chi connectivity index (χ3n) is 4.83. The van der Waals surface area contributed by atoms with Gasteiger partial charge in [0.15, 0.2) is 0 Å². The first-order valence-electron chi connectivity index (χ1n) is 8.48. The summed E-state index contributed by atoms with van der Waals surface area (Å²) in [5.74, 6) is 0.690. The van der Waals surface area contributed by atoms with E-state index in [1.807, 2.05) is 0 Å². The SMILES string of the molecule is OCC[C@@H](NC1CC1)[C@@H]1CCCN(Cc2ccccc2)C1. The fourth-order valence-electron chi connectivity index (χ4n) is 3.55. The van der Waals surface area contributed by atoms with Crippen LogP contribution in [0.2, 0.25) is 0 Å². The molecule has 1 saturated heterocycles. The van der Waals surface area contributed by atoms with Crippen molar-refractivity contribution in [3.05, 3.63) is 35.9 Å². The van der Waals surface area contributed by atoms with Crippen LogP contribution in [0, 0.1) is 5.92 Å². The van der Waals surface area contributed by atoms with Crippen LogP contribution in [0.3, 0.4) is 0 Å². The summed E-state index contributed by atoms with van der Waals surface area (Å²) in [5.41, 5.74) is 1.41. The van der Waals surface area contributed by atoms with E-state index in [1.54, 1.807) is 0 Å². The Labute approximate surface area is 128 Å². The molecule has 0 amide bonds. The second-order valence-corrected chi connectivity index (χ2v) is 6.68. The normalized spacial score (nSPS) is 24.9. The fourth-order valence-corrected chi connectivity index (χ4v) is 3.55. The number of aliphatic hydroxyl groups excluding tert-OH is 1. The topological polar surface area (TPSA) is 35.5 Å². The van der Waals surface area contributed by atoms with Gasteiger partial charge in [0, 0.05) is 31.8 Å². The minimum absolute atomic E-state index is 0.305. The van der Waals surface area contributed by atoms with Crippen molar-refractivity contribution in [1.82, 2.24) is 10.2 Å². The van der Waals surface area contributed by atoms with Crippen LogP contribution in [0.4, 0.5) is 0 Å². The average molecular weight is 288 g/mol. The summed E-state index contributed by atoms with van der Waals surface area (Å²) >= 11 is 0. The van der Waals surface area contributed by atoms with E-state index >= 15 is 0 Å². The molecule has 0 radical (unpaired) electrons. The van der Waals surface area contributed by atoms with E-state index in [0.717, 1.165) is 19.0 Å². The first kappa shape index (κ1) is 15.0. The van der Waals surface area contributed by atoms with E-state index < -0.39 is 0 Å². The molecule has 2 aliphatic rings. The third kappa shape index (κ3) is 4.53. The van der Waals surface area contributed by atoms with Crippen LogP contribution in [-0.4, -0.2) is 41.8 Å². The molecule has 1 aliphatic carbocycles. The van der Waals surface area contributed by atoms with E-state index in [2.05, 4.69) is 40.5 Å². The molecule has 0 unspecified atom stereocenters. The predicted octanol–water partition coefficient (Wildman–Crippen LogP) is 2.40. The fraction of sp³-hybridized carbons (Fsp3) is 0.667. The van der Waals surface area contributed by atoms with Gasteiger partial charge in [-0.25, -0.2) is 0 Å². The van der Waals surface area contributed by atoms with Crippen molar-refractivity contribution in [2.75, 3.05) is 19.7 Å². The van der Waals surface area contributed by atoms with Gasteiger partial charge in [-0.3, -0.25) is 4.90 Å². The molecular weight excluding hydrogens is 260 g/mol. The van der Waals surface area contributed by atoms with Crippen LogP contribution >= 0.6 is 0 Å². The molecule has 0 aromatic heterocycles. The second-order valence-electron chi connectivity index (χ2n) is 6.68. The minimum atomic E-state index is 0.305. The lowest BCUT2D eigenvalue weighted by Gasteiger charge is -2.37. The summed E-state index contributed by atoms with van der Waals surface area (Å²) in [4.78, 5) is 2.59. The van der Waals surface area contributed by atoms with Crippen molar-refractivity contribution < 1.29 is 5.11 Å². The zero-order valence-electron chi connectivity index (χ0n) is 12.9. The molecule has 2 fully saturated rings. The molecule has 1 aliphatic heterocycles. The number of nitrogens with zero attached hydrogens (tertiary/aromatic N) is 1. The molecule has 1 saturated carbocycles. The zero-order valence-corrected chi connectivity index (χ0v) is 12.9. The van der Waals surface area contributed by atoms with Gasteiger partial charge in [0.05, 0.1) is 0 Å². The summed E-state index contributed by atoms with van der Waals surface area (Å²) in [6, 6.07) is 12.0. The highest BCUT2D eigenvalue weighted by atomic mass is 16.3. The summed E-state index contributed by atoms with van der Waals surface area (Å²) in [7, 11) is 0. The first-order chi connectivity index (χ1) is 10.3. The Bertz CT molecular complexity index is 418. The molecule has 116 valence electrons. The molecule has 2 atom stereocenters. The smallest absolute Gasteiger partial charge is 0.0445 e. The third-order valence-corrected chi connectivity index (χ3v) is 4.83. The molecule has 0 spiro atoms. The largest absolute Gasteiger partial charge is 0.396 e. The molecule has 1 aromatic carbocycles. The lowest BCUT2D eigenvalue weighted by atomic mass is 9.88. The number of hydrogen-bond acceptors (Lipinski definition) is 3. The second kappa shape index (κ2) is 7.39. The summed E-state index contributed by atoms with van der Waals surface area (Å²) in [6.45, 7) is 3.74. The number of hydrogen-bond donors (Lipinski definition) is 2. The van der Waals surface area contributed by atoms with Gasteiger partial charge in [-0.2, -0.15) is 0 Å². The summed E-state index contributed by atoms with van der Waals surface area (Å²) < 4.78 is 0. The molecule has 2 N–H and O–H groups in total. The van der Waals surface area contributed by atoms with Crippen LogP contribution < -0.4 is 5.32 Å². The van der Waals surface area contributed by atoms with Crippen molar-refractivity contribution in [2.45, 2.75) is 50.7 Å². The van der Waals surface area contributed by atoms with Crippen LogP contribution in [-0.2, 0) is 6.54 Å². The van der Waals surface area contributed by atoms with Gasteiger partial charge < -0.3 is 10.4 Å². The Morgan fingerprint density at radius 1 is 1.19 bits per heavy atom. The van der Waals surface area contributed by atoms with Crippen molar-refractivity contribution >= 4 is 0 Å². The number of benzene rings is 1. The maximum atomic E-state index is 9.35. The standard InChI is InChI=1S/C18H28N2O/c21-12-10-18(19-17-8-9-17)16-7-4-11-20(14-16)13-15-5-2-1-3-6-15/h1-3,5-6,16-19,21H,4,7-14H2/t16-,18-/m1/s1. The van der Waals surface area contributed by atoms with Gasteiger partial charge in [0.1, 0.15) is 0 Å². The highest BCUT2D eigenvalue weighted by Crippen LogP contribution is 2.27. The van der Waals surface area contributed by atoms with Crippen LogP contribution in [0.25, 0.3) is 0 Å². The summed E-state index contributed by atoms with van der Waals surface area (Å²) in [5, 5.41) is 13.1. The van der Waals surface area contributed by atoms with E-state index in [9.17, 15) is 5.11 Å². The lowest BCUT2D eigenvalue weighted by molar-refractivity contribution is 0.126. The quantitative estimate of drug-likeness (QED) is 0.809. The zero-order chi connectivity index (χ0) is 14.5. The average Bonchev–Trinajstić information content (AvgIpc) is 3.32. The molecule has 3 heteroatoms. The van der Waals surface area contributed by atoms with Crippen LogP contribution in [0.5, 0.6) is 0 Å². The Balaban J connectivity index is 1.55. The summed E-state index contributed by atoms with van der Waals surface area (Å²) in [6.07, 6.45) is 6.13. The highest BCUT2D eigenvalue weighted by Gasteiger charge is 2.31. The number of nitrogens with one attached hydrogen (secondary N) is 1. The first-order valence-corrected chi connectivity index (χ1v) is 8.48. The van der Waals surface area contributed by atoms with E-state index in [0.29, 0.717) is 18.6 Å². The van der Waals surface area contributed by atoms with Crippen molar-refractivity contribution in [3.8, 4) is 0 Å². The van der Waals surface area contributed by atoms with Crippen LogP contribution in [0.1, 0.15) is 37.7 Å². The lowest BCUT2D eigenvalue weighted by Crippen LogP contribution is -2.46. The molecule has 0 bridgehead atoms. The van der Waals surface area contributed by atoms with Gasteiger partial charge in [-0.05, 0) is 50.1 Å². The van der Waals surface area contributed by atoms with Crippen LogP contribution in [0.15, 0.2) is 30.3 Å². The Kier molecular flexibility index (Phi) is 5.28. The minimum Gasteiger partial charge on any atom is -0.396 e. The van der Waals surface area contributed by atoms with Crippen molar-refractivity contribution in [3.63, 3.8) is 0 Å². The molecule has 21 heavy (non-hydrogen) atoms. The Hall–Kier alpha value is -0.900. The van der Waals surface area contributed by atoms with Crippen molar-refractivity contribution in [2.24, 2.45) is 5.92 Å². The van der Waals surface area contributed by atoms with Gasteiger partial charge in [-0.15, -0.1) is 0 Å². The monoisotopic (exact) mass is 288 g/mol. The molecule has 1 aromatic rings. The Morgan fingerprint density at radius 2 is 2.00 bits per heavy atom. The van der Waals surface area contributed by atoms with Gasteiger partial charge in [-0.1, -0.05) is 30.3 Å². The van der Waals surface area contributed by atoms with E-state index in [1.165, 1.54) is 44.3 Å². The van der Waals surface area contributed by atoms with E-state index in [4.69, 9.17) is 0 Å². The maximum absolute atomic E-state index is 9.35. The van der Waals surface area contributed by atoms with Crippen molar-refractivity contribution in [1.29, 1.82) is 0 Å². The number of likely N-dealkylation sites (tertiary alicyclic amines) is 1. The predicted molar refractivity (Wildman–Crippen MR) is 86.1 cm³/mol. The number of rotatable bonds is 7. The molecule has 1 heterocycles. The number of aliphatic hydroxyl groups is 1. The molecule has 3 rings (SSSR count). The Morgan fingerprint density at radius 3 is 2.71 bits per heavy atom. The molecule has 3 nitrogen and oxygen atoms in total. The molecular formula is C18H28N2O.